The monoisotopic (exact) mass is 378 g/mol. The SMILES string of the molecule is COc1ccc(-c2cc(C(=O)NC3CCN(c4ncccn4)CC3)[nH]n2)cc1. The second-order valence-electron chi connectivity index (χ2n) is 6.68. The first-order valence-electron chi connectivity index (χ1n) is 9.25. The number of aromatic nitrogens is 4. The van der Waals surface area contributed by atoms with Gasteiger partial charge in [0.1, 0.15) is 11.4 Å². The van der Waals surface area contributed by atoms with Crippen molar-refractivity contribution in [2.24, 2.45) is 0 Å². The van der Waals surface area contributed by atoms with E-state index in [1.165, 1.54) is 0 Å². The van der Waals surface area contributed by atoms with E-state index in [1.807, 2.05) is 24.3 Å². The van der Waals surface area contributed by atoms with Gasteiger partial charge in [0.15, 0.2) is 0 Å². The lowest BCUT2D eigenvalue weighted by molar-refractivity contribution is 0.0926. The molecule has 1 aromatic carbocycles. The Labute approximate surface area is 163 Å². The van der Waals surface area contributed by atoms with Gasteiger partial charge in [-0.15, -0.1) is 0 Å². The Hall–Kier alpha value is -3.42. The molecule has 1 fully saturated rings. The van der Waals surface area contributed by atoms with Gasteiger partial charge in [-0.05, 0) is 49.2 Å². The van der Waals surface area contributed by atoms with Gasteiger partial charge in [-0.2, -0.15) is 5.10 Å². The second kappa shape index (κ2) is 8.08. The van der Waals surface area contributed by atoms with Crippen molar-refractivity contribution in [2.75, 3.05) is 25.1 Å². The van der Waals surface area contributed by atoms with Gasteiger partial charge in [-0.3, -0.25) is 9.89 Å². The van der Waals surface area contributed by atoms with Gasteiger partial charge < -0.3 is 15.0 Å². The van der Waals surface area contributed by atoms with Gasteiger partial charge in [0, 0.05) is 37.1 Å². The highest BCUT2D eigenvalue weighted by molar-refractivity contribution is 5.93. The highest BCUT2D eigenvalue weighted by atomic mass is 16.5. The molecule has 0 bridgehead atoms. The summed E-state index contributed by atoms with van der Waals surface area (Å²) in [6.45, 7) is 1.63. The van der Waals surface area contributed by atoms with Crippen LogP contribution in [0, 0.1) is 0 Å². The number of hydrogen-bond acceptors (Lipinski definition) is 6. The van der Waals surface area contributed by atoms with E-state index in [2.05, 4.69) is 30.4 Å². The number of nitrogens with zero attached hydrogens (tertiary/aromatic N) is 4. The molecule has 1 saturated heterocycles. The van der Waals surface area contributed by atoms with Gasteiger partial charge in [-0.1, -0.05) is 0 Å². The topological polar surface area (TPSA) is 96.0 Å². The van der Waals surface area contributed by atoms with Crippen LogP contribution >= 0.6 is 0 Å². The lowest BCUT2D eigenvalue weighted by Crippen LogP contribution is -2.45. The van der Waals surface area contributed by atoms with E-state index < -0.39 is 0 Å². The van der Waals surface area contributed by atoms with E-state index in [0.29, 0.717) is 5.69 Å². The molecule has 0 unspecified atom stereocenters. The van der Waals surface area contributed by atoms with Crippen LogP contribution in [0.15, 0.2) is 48.8 Å². The molecule has 0 aliphatic carbocycles. The molecule has 0 saturated carbocycles. The number of nitrogens with one attached hydrogen (secondary N) is 2. The maximum absolute atomic E-state index is 12.6. The van der Waals surface area contributed by atoms with E-state index in [-0.39, 0.29) is 11.9 Å². The normalized spacial score (nSPS) is 14.7. The highest BCUT2D eigenvalue weighted by Crippen LogP contribution is 2.21. The number of H-pyrrole nitrogens is 1. The summed E-state index contributed by atoms with van der Waals surface area (Å²) >= 11 is 0. The van der Waals surface area contributed by atoms with Crippen molar-refractivity contribution in [3.05, 3.63) is 54.5 Å². The molecule has 8 nitrogen and oxygen atoms in total. The second-order valence-corrected chi connectivity index (χ2v) is 6.68. The maximum atomic E-state index is 12.6. The summed E-state index contributed by atoms with van der Waals surface area (Å²) < 4.78 is 5.17. The number of hydrogen-bond donors (Lipinski definition) is 2. The molecular formula is C20H22N6O2. The third kappa shape index (κ3) is 3.95. The largest absolute Gasteiger partial charge is 0.497 e. The van der Waals surface area contributed by atoms with Crippen molar-refractivity contribution in [2.45, 2.75) is 18.9 Å². The number of rotatable bonds is 5. The van der Waals surface area contributed by atoms with Crippen LogP contribution in [0.3, 0.4) is 0 Å². The molecular weight excluding hydrogens is 356 g/mol. The third-order valence-electron chi connectivity index (χ3n) is 4.87. The number of carbonyl (C=O) groups excluding carboxylic acids is 1. The van der Waals surface area contributed by atoms with Gasteiger partial charge in [-0.25, -0.2) is 9.97 Å². The standard InChI is InChI=1S/C20H22N6O2/c1-28-16-5-3-14(4-6-16)17-13-18(25-24-17)19(27)23-15-7-11-26(12-8-15)20-21-9-2-10-22-20/h2-6,9-10,13,15H,7-8,11-12H2,1H3,(H,23,27)(H,24,25). The Morgan fingerprint density at radius 1 is 1.18 bits per heavy atom. The number of anilines is 1. The van der Waals surface area contributed by atoms with E-state index in [1.54, 1.807) is 31.6 Å². The Morgan fingerprint density at radius 2 is 1.89 bits per heavy atom. The number of aromatic amines is 1. The fraction of sp³-hybridized carbons (Fsp3) is 0.300. The molecule has 3 heterocycles. The summed E-state index contributed by atoms with van der Waals surface area (Å²) in [6, 6.07) is 11.3. The average molecular weight is 378 g/mol. The van der Waals surface area contributed by atoms with Crippen molar-refractivity contribution in [3.63, 3.8) is 0 Å². The van der Waals surface area contributed by atoms with Crippen LogP contribution in [0.1, 0.15) is 23.3 Å². The van der Waals surface area contributed by atoms with Gasteiger partial charge >= 0.3 is 0 Å². The van der Waals surface area contributed by atoms with Crippen molar-refractivity contribution < 1.29 is 9.53 Å². The lowest BCUT2D eigenvalue weighted by atomic mass is 10.1. The fourth-order valence-corrected chi connectivity index (χ4v) is 3.29. The summed E-state index contributed by atoms with van der Waals surface area (Å²) in [5.74, 6) is 1.39. The van der Waals surface area contributed by atoms with E-state index in [4.69, 9.17) is 4.74 Å². The molecule has 8 heteroatoms. The first-order chi connectivity index (χ1) is 13.7. The smallest absolute Gasteiger partial charge is 0.269 e. The van der Waals surface area contributed by atoms with Crippen LogP contribution < -0.4 is 15.0 Å². The number of amides is 1. The fourth-order valence-electron chi connectivity index (χ4n) is 3.29. The van der Waals surface area contributed by atoms with Crippen LogP contribution in [0.4, 0.5) is 5.95 Å². The third-order valence-corrected chi connectivity index (χ3v) is 4.87. The van der Waals surface area contributed by atoms with Crippen molar-refractivity contribution in [1.29, 1.82) is 0 Å². The zero-order valence-electron chi connectivity index (χ0n) is 15.6. The molecule has 144 valence electrons. The number of piperidine rings is 1. The Morgan fingerprint density at radius 3 is 2.57 bits per heavy atom. The first kappa shape index (κ1) is 18.0. The highest BCUT2D eigenvalue weighted by Gasteiger charge is 2.23. The van der Waals surface area contributed by atoms with Gasteiger partial charge in [0.05, 0.1) is 12.8 Å². The van der Waals surface area contributed by atoms with Crippen LogP contribution in [-0.4, -0.2) is 52.3 Å². The van der Waals surface area contributed by atoms with E-state index in [0.717, 1.165) is 48.9 Å². The average Bonchev–Trinajstić information content (AvgIpc) is 3.25. The summed E-state index contributed by atoms with van der Waals surface area (Å²) in [5, 5.41) is 10.2. The Bertz CT molecular complexity index is 917. The molecule has 0 spiro atoms. The molecule has 28 heavy (non-hydrogen) atoms. The molecule has 2 aromatic heterocycles. The number of methoxy groups -OCH3 is 1. The summed E-state index contributed by atoms with van der Waals surface area (Å²) in [7, 11) is 1.63. The van der Waals surface area contributed by atoms with Crippen molar-refractivity contribution >= 4 is 11.9 Å². The van der Waals surface area contributed by atoms with E-state index >= 15 is 0 Å². The maximum Gasteiger partial charge on any atom is 0.269 e. The molecule has 0 atom stereocenters. The van der Waals surface area contributed by atoms with Gasteiger partial charge in [0.25, 0.3) is 5.91 Å². The van der Waals surface area contributed by atoms with Crippen molar-refractivity contribution in [1.82, 2.24) is 25.5 Å². The summed E-state index contributed by atoms with van der Waals surface area (Å²) in [4.78, 5) is 23.3. The Kier molecular flexibility index (Phi) is 5.18. The minimum Gasteiger partial charge on any atom is -0.497 e. The first-order valence-corrected chi connectivity index (χ1v) is 9.25. The minimum absolute atomic E-state index is 0.125. The molecule has 1 aliphatic rings. The summed E-state index contributed by atoms with van der Waals surface area (Å²) in [6.07, 6.45) is 5.19. The predicted octanol–water partition coefficient (Wildman–Crippen LogP) is 2.27. The molecule has 0 radical (unpaired) electrons. The molecule has 4 rings (SSSR count). The quantitative estimate of drug-likeness (QED) is 0.707. The van der Waals surface area contributed by atoms with Crippen LogP contribution in [0.25, 0.3) is 11.3 Å². The minimum atomic E-state index is -0.137. The molecule has 1 amide bonds. The lowest BCUT2D eigenvalue weighted by Gasteiger charge is -2.32. The Balaban J connectivity index is 1.34. The molecule has 3 aromatic rings. The molecule has 2 N–H and O–H groups in total. The van der Waals surface area contributed by atoms with Crippen molar-refractivity contribution in [3.8, 4) is 17.0 Å². The number of carbonyl (C=O) groups is 1. The zero-order valence-corrected chi connectivity index (χ0v) is 15.6. The van der Waals surface area contributed by atoms with Crippen LogP contribution in [0.2, 0.25) is 0 Å². The predicted molar refractivity (Wildman–Crippen MR) is 105 cm³/mol. The number of ether oxygens (including phenoxy) is 1. The van der Waals surface area contributed by atoms with Crippen LogP contribution in [0.5, 0.6) is 5.75 Å². The number of benzene rings is 1. The van der Waals surface area contributed by atoms with Crippen LogP contribution in [-0.2, 0) is 0 Å². The van der Waals surface area contributed by atoms with E-state index in [9.17, 15) is 4.79 Å². The molecule has 1 aliphatic heterocycles. The van der Waals surface area contributed by atoms with Gasteiger partial charge in [0.2, 0.25) is 5.95 Å². The zero-order chi connectivity index (χ0) is 19.3. The summed E-state index contributed by atoms with van der Waals surface area (Å²) in [5.41, 5.74) is 2.11.